The Kier molecular flexibility index (Phi) is 3.95. The number of alkyl halides is 2. The van der Waals surface area contributed by atoms with Crippen LogP contribution >= 0.6 is 0 Å². The number of nitrogens with zero attached hydrogens (tertiary/aromatic N) is 3. The van der Waals surface area contributed by atoms with Crippen LogP contribution in [0.3, 0.4) is 0 Å². The van der Waals surface area contributed by atoms with Crippen molar-refractivity contribution in [3.8, 4) is 5.69 Å². The zero-order valence-corrected chi connectivity index (χ0v) is 11.7. The molecule has 0 aliphatic carbocycles. The third kappa shape index (κ3) is 2.61. The first-order valence-electron chi connectivity index (χ1n) is 5.20. The highest BCUT2D eigenvalue weighted by atomic mass is 32.2. The average Bonchev–Trinajstić information content (AvgIpc) is 2.88. The highest BCUT2D eigenvalue weighted by Crippen LogP contribution is 2.20. The van der Waals surface area contributed by atoms with Gasteiger partial charge in [0.25, 0.3) is 0 Å². The first-order chi connectivity index (χ1) is 9.34. The van der Waals surface area contributed by atoms with Crippen molar-refractivity contribution >= 4 is 20.6 Å². The molecule has 0 N–H and O–H groups in total. The van der Waals surface area contributed by atoms with Crippen LogP contribution < -0.4 is 0 Å². The number of hydrogen-bond acceptors (Lipinski definition) is 5. The second-order valence-corrected chi connectivity index (χ2v) is 6.93. The topological polar surface area (TPSA) is 81.9 Å². The van der Waals surface area contributed by atoms with Crippen LogP contribution in [-0.4, -0.2) is 39.4 Å². The van der Waals surface area contributed by atoms with Gasteiger partial charge in [-0.3, -0.25) is 8.78 Å². The fraction of sp³-hybridized carbons (Fsp3) is 0.200. The monoisotopic (exact) mass is 321 g/mol. The van der Waals surface area contributed by atoms with Crippen LogP contribution in [0.5, 0.6) is 0 Å². The Morgan fingerprint density at radius 2 is 1.85 bits per heavy atom. The number of sulfone groups is 1. The Balaban J connectivity index is 2.43. The largest absolute Gasteiger partial charge is 0.341 e. The summed E-state index contributed by atoms with van der Waals surface area (Å²) in [6.07, 6.45) is 2.71. The third-order valence-electron chi connectivity index (χ3n) is 2.45. The van der Waals surface area contributed by atoms with Crippen molar-refractivity contribution in [2.45, 2.75) is 15.8 Å². The molecule has 1 unspecified atom stereocenters. The molecule has 108 valence electrons. The molecule has 0 spiro atoms. The maximum Gasteiger partial charge on any atom is 0.341 e. The summed E-state index contributed by atoms with van der Waals surface area (Å²) in [5, 5.41) is 7.44. The van der Waals surface area contributed by atoms with Crippen molar-refractivity contribution in [3.63, 3.8) is 0 Å². The molecule has 0 amide bonds. The van der Waals surface area contributed by atoms with Crippen molar-refractivity contribution in [2.75, 3.05) is 6.26 Å². The van der Waals surface area contributed by atoms with Gasteiger partial charge >= 0.3 is 5.76 Å². The molecule has 0 bridgehead atoms. The fourth-order valence-electron chi connectivity index (χ4n) is 1.50. The van der Waals surface area contributed by atoms with E-state index in [0.29, 0.717) is 5.69 Å². The van der Waals surface area contributed by atoms with Crippen LogP contribution in [-0.2, 0) is 20.6 Å². The van der Waals surface area contributed by atoms with E-state index in [2.05, 4.69) is 10.2 Å². The standard InChI is InChI=1S/C10H9F2N3O3S2/c1-19(16)10-14-13-6-15(10)7-2-4-8(5-3-7)20(17,18)9(11)12/h2-6,9H,1H3. The number of hydrogen-bond donors (Lipinski definition) is 0. The van der Waals surface area contributed by atoms with Crippen LogP contribution in [0.15, 0.2) is 40.6 Å². The highest BCUT2D eigenvalue weighted by molar-refractivity contribution is 7.91. The highest BCUT2D eigenvalue weighted by Gasteiger charge is 2.26. The molecule has 2 rings (SSSR count). The Morgan fingerprint density at radius 3 is 2.35 bits per heavy atom. The van der Waals surface area contributed by atoms with Crippen LogP contribution in [0, 0.1) is 0 Å². The minimum Gasteiger partial charge on any atom is -0.275 e. The Bertz CT molecular complexity index is 741. The molecular weight excluding hydrogens is 312 g/mol. The summed E-state index contributed by atoms with van der Waals surface area (Å²) in [6.45, 7) is 0. The molecule has 20 heavy (non-hydrogen) atoms. The number of halogens is 2. The van der Waals surface area contributed by atoms with Gasteiger partial charge in [0.05, 0.1) is 15.7 Å². The molecule has 1 atom stereocenters. The molecule has 2 aromatic rings. The van der Waals surface area contributed by atoms with E-state index < -0.39 is 31.3 Å². The van der Waals surface area contributed by atoms with Gasteiger partial charge in [-0.15, -0.1) is 10.2 Å². The van der Waals surface area contributed by atoms with Crippen molar-refractivity contribution in [1.82, 2.24) is 14.8 Å². The maximum atomic E-state index is 12.4. The third-order valence-corrected chi connectivity index (χ3v) is 4.64. The summed E-state index contributed by atoms with van der Waals surface area (Å²) in [6, 6.07) is 4.74. The quantitative estimate of drug-likeness (QED) is 0.839. The first-order valence-corrected chi connectivity index (χ1v) is 8.30. The molecule has 6 nitrogen and oxygen atoms in total. The Hall–Kier alpha value is -1.68. The number of rotatable bonds is 4. The van der Waals surface area contributed by atoms with E-state index in [1.165, 1.54) is 29.3 Å². The van der Waals surface area contributed by atoms with Crippen molar-refractivity contribution in [3.05, 3.63) is 30.6 Å². The summed E-state index contributed by atoms with van der Waals surface area (Å²) >= 11 is 0. The molecule has 1 aromatic carbocycles. The summed E-state index contributed by atoms with van der Waals surface area (Å²) in [5.41, 5.74) is 0.424. The van der Waals surface area contributed by atoms with Gasteiger partial charge in [-0.2, -0.15) is 8.78 Å². The van der Waals surface area contributed by atoms with E-state index in [4.69, 9.17) is 0 Å². The van der Waals surface area contributed by atoms with Crippen LogP contribution in [0.25, 0.3) is 5.69 Å². The molecular formula is C10H9F2N3O3S2. The first kappa shape index (κ1) is 14.7. The lowest BCUT2D eigenvalue weighted by Gasteiger charge is -2.06. The molecule has 0 radical (unpaired) electrons. The molecule has 0 aliphatic rings. The molecule has 0 saturated carbocycles. The molecule has 10 heteroatoms. The summed E-state index contributed by atoms with van der Waals surface area (Å²) < 4.78 is 60.1. The predicted octanol–water partition coefficient (Wildman–Crippen LogP) is 1.00. The Morgan fingerprint density at radius 1 is 1.25 bits per heavy atom. The molecule has 0 saturated heterocycles. The summed E-state index contributed by atoms with van der Waals surface area (Å²) in [7, 11) is -6.01. The summed E-state index contributed by atoms with van der Waals surface area (Å²) in [5.74, 6) is -3.47. The van der Waals surface area contributed by atoms with Gasteiger partial charge < -0.3 is 0 Å². The lowest BCUT2D eigenvalue weighted by atomic mass is 10.3. The van der Waals surface area contributed by atoms with Crippen molar-refractivity contribution in [1.29, 1.82) is 0 Å². The SMILES string of the molecule is CS(=O)c1nncn1-c1ccc(S(=O)(=O)C(F)F)cc1. The van der Waals surface area contributed by atoms with Crippen LogP contribution in [0.4, 0.5) is 8.78 Å². The predicted molar refractivity (Wildman–Crippen MR) is 66.9 cm³/mol. The molecule has 0 fully saturated rings. The normalized spacial score (nSPS) is 13.6. The van der Waals surface area contributed by atoms with Gasteiger partial charge in [0.1, 0.15) is 6.33 Å². The van der Waals surface area contributed by atoms with Gasteiger partial charge in [0, 0.05) is 11.9 Å². The second kappa shape index (κ2) is 5.37. The van der Waals surface area contributed by atoms with E-state index in [0.717, 1.165) is 12.1 Å². The number of aromatic nitrogens is 3. The smallest absolute Gasteiger partial charge is 0.275 e. The zero-order chi connectivity index (χ0) is 14.9. The van der Waals surface area contributed by atoms with Gasteiger partial charge in [-0.1, -0.05) is 0 Å². The Labute approximate surface area is 115 Å². The lowest BCUT2D eigenvalue weighted by Crippen LogP contribution is -2.11. The zero-order valence-electron chi connectivity index (χ0n) is 10.1. The van der Waals surface area contributed by atoms with E-state index in [-0.39, 0.29) is 5.16 Å². The van der Waals surface area contributed by atoms with Gasteiger partial charge in [-0.25, -0.2) is 8.42 Å². The van der Waals surface area contributed by atoms with Crippen molar-refractivity contribution < 1.29 is 21.4 Å². The minimum absolute atomic E-state index is 0.175. The van der Waals surface area contributed by atoms with E-state index in [9.17, 15) is 21.4 Å². The van der Waals surface area contributed by atoms with Gasteiger partial charge in [0.2, 0.25) is 15.0 Å². The maximum absolute atomic E-state index is 12.4. The minimum atomic E-state index is -4.62. The van der Waals surface area contributed by atoms with Crippen molar-refractivity contribution in [2.24, 2.45) is 0 Å². The summed E-state index contributed by atoms with van der Waals surface area (Å²) in [4.78, 5) is -0.483. The van der Waals surface area contributed by atoms with Gasteiger partial charge in [-0.05, 0) is 24.3 Å². The second-order valence-electron chi connectivity index (χ2n) is 3.74. The van der Waals surface area contributed by atoms with E-state index in [1.54, 1.807) is 0 Å². The van der Waals surface area contributed by atoms with Crippen LogP contribution in [0.2, 0.25) is 0 Å². The number of benzene rings is 1. The molecule has 0 aliphatic heterocycles. The van der Waals surface area contributed by atoms with Crippen LogP contribution in [0.1, 0.15) is 0 Å². The van der Waals surface area contributed by atoms with Gasteiger partial charge in [0.15, 0.2) is 0 Å². The van der Waals surface area contributed by atoms with E-state index in [1.807, 2.05) is 0 Å². The molecule has 1 heterocycles. The fourth-order valence-corrected chi connectivity index (χ4v) is 2.81. The lowest BCUT2D eigenvalue weighted by molar-refractivity contribution is 0.234. The average molecular weight is 321 g/mol. The van der Waals surface area contributed by atoms with E-state index >= 15 is 0 Å². The molecule has 1 aromatic heterocycles.